The Bertz CT molecular complexity index is 201. The molecule has 15 heavy (non-hydrogen) atoms. The predicted octanol–water partition coefficient (Wildman–Crippen LogP) is 2.23. The largest absolute Gasteiger partial charge is 0.327 e. The van der Waals surface area contributed by atoms with Crippen LogP contribution in [-0.2, 0) is 0 Å². The Morgan fingerprint density at radius 3 is 2.53 bits per heavy atom. The molecule has 0 radical (unpaired) electrons. The van der Waals surface area contributed by atoms with Gasteiger partial charge in [0.25, 0.3) is 0 Å². The molecule has 0 aliphatic heterocycles. The molecular formula is C13H26N2. The van der Waals surface area contributed by atoms with Crippen molar-refractivity contribution in [2.24, 2.45) is 17.6 Å². The molecule has 2 saturated carbocycles. The second-order valence-electron chi connectivity index (χ2n) is 5.68. The number of hydrogen-bond donors (Lipinski definition) is 1. The molecule has 2 heteroatoms. The first-order valence-electron chi connectivity index (χ1n) is 6.66. The zero-order valence-corrected chi connectivity index (χ0v) is 10.3. The van der Waals surface area contributed by atoms with E-state index >= 15 is 0 Å². The van der Waals surface area contributed by atoms with Gasteiger partial charge in [0.1, 0.15) is 0 Å². The molecule has 88 valence electrons. The highest BCUT2D eigenvalue weighted by Crippen LogP contribution is 2.33. The monoisotopic (exact) mass is 210 g/mol. The molecule has 0 aromatic rings. The van der Waals surface area contributed by atoms with Crippen LogP contribution in [0.15, 0.2) is 0 Å². The first-order valence-corrected chi connectivity index (χ1v) is 6.66. The number of nitrogens with two attached hydrogens (primary N) is 1. The fourth-order valence-electron chi connectivity index (χ4n) is 3.00. The smallest absolute Gasteiger partial charge is 0.00934 e. The van der Waals surface area contributed by atoms with Crippen LogP contribution in [0.3, 0.4) is 0 Å². The normalized spacial score (nSPS) is 37.2. The molecule has 0 heterocycles. The molecule has 0 spiro atoms. The van der Waals surface area contributed by atoms with Crippen molar-refractivity contribution >= 4 is 0 Å². The summed E-state index contributed by atoms with van der Waals surface area (Å²) in [6.45, 7) is 3.56. The molecule has 0 saturated heterocycles. The summed E-state index contributed by atoms with van der Waals surface area (Å²) in [6.07, 6.45) is 8.15. The van der Waals surface area contributed by atoms with Crippen LogP contribution in [0.2, 0.25) is 0 Å². The lowest BCUT2D eigenvalue weighted by Crippen LogP contribution is -2.42. The van der Waals surface area contributed by atoms with Gasteiger partial charge in [0.15, 0.2) is 0 Å². The standard InChI is InChI=1S/C13H26N2/c1-3-10-4-7-13(14)11(8-10)9-15(2)12-5-6-12/h10-13H,3-9,14H2,1-2H3. The third-order valence-corrected chi connectivity index (χ3v) is 4.42. The van der Waals surface area contributed by atoms with Gasteiger partial charge in [-0.3, -0.25) is 0 Å². The highest BCUT2D eigenvalue weighted by molar-refractivity contribution is 4.88. The molecule has 2 aliphatic rings. The molecular weight excluding hydrogens is 184 g/mol. The first kappa shape index (κ1) is 11.4. The van der Waals surface area contributed by atoms with E-state index in [1.165, 1.54) is 45.1 Å². The van der Waals surface area contributed by atoms with E-state index < -0.39 is 0 Å². The van der Waals surface area contributed by atoms with E-state index in [0.29, 0.717) is 6.04 Å². The molecule has 0 aromatic heterocycles. The van der Waals surface area contributed by atoms with Crippen molar-refractivity contribution in [3.63, 3.8) is 0 Å². The second-order valence-corrected chi connectivity index (χ2v) is 5.68. The van der Waals surface area contributed by atoms with Gasteiger partial charge in [0.05, 0.1) is 0 Å². The highest BCUT2D eigenvalue weighted by Gasteiger charge is 2.32. The van der Waals surface area contributed by atoms with Gasteiger partial charge in [0, 0.05) is 18.6 Å². The van der Waals surface area contributed by atoms with Crippen molar-refractivity contribution in [1.82, 2.24) is 4.90 Å². The molecule has 0 bridgehead atoms. The third kappa shape index (κ3) is 2.94. The van der Waals surface area contributed by atoms with Gasteiger partial charge in [-0.25, -0.2) is 0 Å². The average molecular weight is 210 g/mol. The molecule has 2 aliphatic carbocycles. The topological polar surface area (TPSA) is 29.3 Å². The van der Waals surface area contributed by atoms with E-state index in [2.05, 4.69) is 18.9 Å². The SMILES string of the molecule is CCC1CCC(N)C(CN(C)C2CC2)C1. The summed E-state index contributed by atoms with van der Waals surface area (Å²) in [6, 6.07) is 1.35. The number of nitrogens with zero attached hydrogens (tertiary/aromatic N) is 1. The van der Waals surface area contributed by atoms with E-state index in [4.69, 9.17) is 5.73 Å². The van der Waals surface area contributed by atoms with Crippen molar-refractivity contribution in [3.05, 3.63) is 0 Å². The predicted molar refractivity (Wildman–Crippen MR) is 64.7 cm³/mol. The van der Waals surface area contributed by atoms with Crippen molar-refractivity contribution in [2.75, 3.05) is 13.6 Å². The second kappa shape index (κ2) is 4.84. The minimum atomic E-state index is 0.467. The Morgan fingerprint density at radius 1 is 1.20 bits per heavy atom. The van der Waals surface area contributed by atoms with E-state index in [9.17, 15) is 0 Å². The van der Waals surface area contributed by atoms with Crippen LogP contribution in [0.1, 0.15) is 45.4 Å². The van der Waals surface area contributed by atoms with Gasteiger partial charge in [-0.05, 0) is 51.0 Å². The Hall–Kier alpha value is -0.0800. The summed E-state index contributed by atoms with van der Waals surface area (Å²) in [5, 5.41) is 0. The fourth-order valence-corrected chi connectivity index (χ4v) is 3.00. The summed E-state index contributed by atoms with van der Waals surface area (Å²) in [7, 11) is 2.28. The molecule has 2 N–H and O–H groups in total. The van der Waals surface area contributed by atoms with Crippen molar-refractivity contribution in [2.45, 2.75) is 57.5 Å². The Kier molecular flexibility index (Phi) is 3.68. The number of hydrogen-bond acceptors (Lipinski definition) is 2. The molecule has 2 fully saturated rings. The molecule has 3 unspecified atom stereocenters. The fraction of sp³-hybridized carbons (Fsp3) is 1.00. The Balaban J connectivity index is 1.82. The molecule has 2 nitrogen and oxygen atoms in total. The van der Waals surface area contributed by atoms with E-state index in [1.54, 1.807) is 0 Å². The summed E-state index contributed by atoms with van der Waals surface area (Å²) < 4.78 is 0. The van der Waals surface area contributed by atoms with E-state index in [1.807, 2.05) is 0 Å². The van der Waals surface area contributed by atoms with Gasteiger partial charge >= 0.3 is 0 Å². The van der Waals surface area contributed by atoms with Crippen LogP contribution in [0.4, 0.5) is 0 Å². The van der Waals surface area contributed by atoms with Gasteiger partial charge < -0.3 is 10.6 Å². The van der Waals surface area contributed by atoms with Crippen molar-refractivity contribution in [1.29, 1.82) is 0 Å². The maximum atomic E-state index is 6.24. The lowest BCUT2D eigenvalue weighted by atomic mass is 9.77. The zero-order valence-electron chi connectivity index (χ0n) is 10.3. The minimum absolute atomic E-state index is 0.467. The van der Waals surface area contributed by atoms with Gasteiger partial charge in [-0.1, -0.05) is 13.3 Å². The summed E-state index contributed by atoms with van der Waals surface area (Å²) in [5.74, 6) is 1.71. The Morgan fingerprint density at radius 2 is 1.93 bits per heavy atom. The molecule has 0 amide bonds. The van der Waals surface area contributed by atoms with Crippen LogP contribution in [0.5, 0.6) is 0 Å². The average Bonchev–Trinajstić information content (AvgIpc) is 3.04. The summed E-state index contributed by atoms with van der Waals surface area (Å²) in [5.41, 5.74) is 6.24. The van der Waals surface area contributed by atoms with Gasteiger partial charge in [-0.2, -0.15) is 0 Å². The molecule has 2 rings (SSSR count). The van der Waals surface area contributed by atoms with Crippen LogP contribution < -0.4 is 5.73 Å². The van der Waals surface area contributed by atoms with Crippen molar-refractivity contribution < 1.29 is 0 Å². The van der Waals surface area contributed by atoms with Crippen LogP contribution >= 0.6 is 0 Å². The van der Waals surface area contributed by atoms with E-state index in [-0.39, 0.29) is 0 Å². The first-order chi connectivity index (χ1) is 7.20. The van der Waals surface area contributed by atoms with E-state index in [0.717, 1.165) is 17.9 Å². The van der Waals surface area contributed by atoms with Crippen molar-refractivity contribution in [3.8, 4) is 0 Å². The lowest BCUT2D eigenvalue weighted by Gasteiger charge is -2.36. The lowest BCUT2D eigenvalue weighted by molar-refractivity contribution is 0.168. The quantitative estimate of drug-likeness (QED) is 0.771. The van der Waals surface area contributed by atoms with Crippen LogP contribution in [-0.4, -0.2) is 30.6 Å². The maximum absolute atomic E-state index is 6.24. The highest BCUT2D eigenvalue weighted by atomic mass is 15.2. The summed E-state index contributed by atoms with van der Waals surface area (Å²) in [4.78, 5) is 2.54. The maximum Gasteiger partial charge on any atom is 0.00934 e. The molecule has 3 atom stereocenters. The van der Waals surface area contributed by atoms with Gasteiger partial charge in [0.2, 0.25) is 0 Å². The Labute approximate surface area is 94.2 Å². The molecule has 0 aromatic carbocycles. The minimum Gasteiger partial charge on any atom is -0.327 e. The summed E-state index contributed by atoms with van der Waals surface area (Å²) >= 11 is 0. The number of rotatable bonds is 4. The zero-order chi connectivity index (χ0) is 10.8. The van der Waals surface area contributed by atoms with Gasteiger partial charge in [-0.15, -0.1) is 0 Å². The van der Waals surface area contributed by atoms with Crippen LogP contribution in [0, 0.1) is 11.8 Å². The third-order valence-electron chi connectivity index (χ3n) is 4.42. The van der Waals surface area contributed by atoms with Crippen LogP contribution in [0.25, 0.3) is 0 Å².